The van der Waals surface area contributed by atoms with Gasteiger partial charge in [-0.05, 0) is 12.8 Å². The van der Waals surface area contributed by atoms with Crippen molar-refractivity contribution in [2.24, 2.45) is 0 Å². The molecule has 0 bridgehead atoms. The van der Waals surface area contributed by atoms with Crippen LogP contribution >= 0.6 is 0 Å². The zero-order chi connectivity index (χ0) is 6.41. The summed E-state index contributed by atoms with van der Waals surface area (Å²) in [6.07, 6.45) is 4.07. The van der Waals surface area contributed by atoms with Gasteiger partial charge in [-0.25, -0.2) is 0 Å². The van der Waals surface area contributed by atoms with Crippen LogP contribution < -0.4 is 0 Å². The lowest BCUT2D eigenvalue weighted by Gasteiger charge is -2.09. The minimum absolute atomic E-state index is 0.500. The molecule has 0 aliphatic rings. The fourth-order valence-corrected chi connectivity index (χ4v) is 0.811. The molecule has 0 rings (SSSR count). The molecule has 0 aromatic rings. The molecule has 1 nitrogen and oxygen atoms in total. The molecule has 0 amide bonds. The number of methoxy groups -OCH3 is 1. The number of ether oxygens (including phenoxy) is 1. The smallest absolute Gasteiger partial charge is 0.0568 e. The van der Waals surface area contributed by atoms with Crippen molar-refractivity contribution in [3.8, 4) is 0 Å². The largest absolute Gasteiger partial charge is 0.381 e. The quantitative estimate of drug-likeness (QED) is 0.547. The van der Waals surface area contributed by atoms with Crippen LogP contribution in [-0.4, -0.2) is 13.2 Å². The molecule has 0 saturated carbocycles. The van der Waals surface area contributed by atoms with E-state index in [2.05, 4.69) is 13.8 Å². The molecule has 0 unspecified atom stereocenters. The summed E-state index contributed by atoms with van der Waals surface area (Å²) < 4.78 is 5.14. The first kappa shape index (κ1) is 7.96. The highest BCUT2D eigenvalue weighted by atomic mass is 16.5. The van der Waals surface area contributed by atoms with Crippen molar-refractivity contribution in [2.75, 3.05) is 7.11 Å². The normalized spacial score (nSPS) is 13.9. The minimum atomic E-state index is 0.500. The summed E-state index contributed by atoms with van der Waals surface area (Å²) in [5, 5.41) is 0. The third-order valence-corrected chi connectivity index (χ3v) is 1.40. The topological polar surface area (TPSA) is 9.23 Å². The fraction of sp³-hybridized carbons (Fsp3) is 1.00. The molecule has 0 radical (unpaired) electrons. The molecule has 50 valence electrons. The number of hydrogen-bond acceptors (Lipinski definition) is 1. The zero-order valence-corrected chi connectivity index (χ0v) is 6.11. The van der Waals surface area contributed by atoms with Gasteiger partial charge in [0.2, 0.25) is 0 Å². The predicted octanol–water partition coefficient (Wildman–Crippen LogP) is 2.21. The maximum atomic E-state index is 5.14. The molecule has 0 saturated heterocycles. The Morgan fingerprint density at radius 2 is 2.00 bits per heavy atom. The van der Waals surface area contributed by atoms with Crippen LogP contribution in [0, 0.1) is 0 Å². The standard InChI is InChI=1S/C7H16O/c1-4-6-7(5-2)8-3/h7H,4-6H2,1-3H3/t7-/m0/s1. The lowest BCUT2D eigenvalue weighted by molar-refractivity contribution is 0.0915. The summed E-state index contributed by atoms with van der Waals surface area (Å²) in [7, 11) is 1.78. The van der Waals surface area contributed by atoms with E-state index in [9.17, 15) is 0 Å². The summed E-state index contributed by atoms with van der Waals surface area (Å²) >= 11 is 0. The van der Waals surface area contributed by atoms with Gasteiger partial charge in [0.1, 0.15) is 0 Å². The molecule has 0 fully saturated rings. The summed E-state index contributed by atoms with van der Waals surface area (Å²) in [6.45, 7) is 4.34. The average molecular weight is 116 g/mol. The monoisotopic (exact) mass is 116 g/mol. The lowest BCUT2D eigenvalue weighted by atomic mass is 10.2. The van der Waals surface area contributed by atoms with Crippen LogP contribution in [-0.2, 0) is 4.74 Å². The van der Waals surface area contributed by atoms with Crippen LogP contribution in [0.25, 0.3) is 0 Å². The summed E-state index contributed by atoms with van der Waals surface area (Å²) in [5.74, 6) is 0. The molecule has 0 N–H and O–H groups in total. The van der Waals surface area contributed by atoms with Gasteiger partial charge in [0.25, 0.3) is 0 Å². The second kappa shape index (κ2) is 5.10. The highest BCUT2D eigenvalue weighted by Gasteiger charge is 1.99. The predicted molar refractivity (Wildman–Crippen MR) is 36.0 cm³/mol. The Bertz CT molecular complexity index is 39.7. The van der Waals surface area contributed by atoms with Gasteiger partial charge in [0.05, 0.1) is 6.10 Å². The average Bonchev–Trinajstić information content (AvgIpc) is 1.83. The molecule has 1 atom stereocenters. The number of hydrogen-bond donors (Lipinski definition) is 0. The molecular weight excluding hydrogens is 100 g/mol. The van der Waals surface area contributed by atoms with Crippen molar-refractivity contribution in [2.45, 2.75) is 39.2 Å². The Labute approximate surface area is 52.0 Å². The lowest BCUT2D eigenvalue weighted by Crippen LogP contribution is -2.07. The number of rotatable bonds is 4. The SMILES string of the molecule is CCC[C@H](CC)OC. The maximum Gasteiger partial charge on any atom is 0.0568 e. The maximum absolute atomic E-state index is 5.14. The van der Waals surface area contributed by atoms with Gasteiger partial charge in [-0.1, -0.05) is 20.3 Å². The van der Waals surface area contributed by atoms with Crippen LogP contribution in [0.15, 0.2) is 0 Å². The fourth-order valence-electron chi connectivity index (χ4n) is 0.811. The van der Waals surface area contributed by atoms with Gasteiger partial charge in [-0.2, -0.15) is 0 Å². The van der Waals surface area contributed by atoms with Crippen molar-refractivity contribution >= 4 is 0 Å². The van der Waals surface area contributed by atoms with Gasteiger partial charge in [-0.15, -0.1) is 0 Å². The second-order valence-electron chi connectivity index (χ2n) is 2.05. The van der Waals surface area contributed by atoms with E-state index in [0.717, 1.165) is 6.42 Å². The summed E-state index contributed by atoms with van der Waals surface area (Å²) in [5.41, 5.74) is 0. The van der Waals surface area contributed by atoms with E-state index in [-0.39, 0.29) is 0 Å². The van der Waals surface area contributed by atoms with Crippen LogP contribution in [0.5, 0.6) is 0 Å². The molecule has 0 aliphatic carbocycles. The molecule has 0 aliphatic heterocycles. The van der Waals surface area contributed by atoms with E-state index in [1.54, 1.807) is 7.11 Å². The van der Waals surface area contributed by atoms with Crippen molar-refractivity contribution in [3.63, 3.8) is 0 Å². The zero-order valence-electron chi connectivity index (χ0n) is 6.11. The Morgan fingerprint density at radius 3 is 2.12 bits per heavy atom. The van der Waals surface area contributed by atoms with Crippen LogP contribution in [0.4, 0.5) is 0 Å². The van der Waals surface area contributed by atoms with E-state index in [4.69, 9.17) is 4.74 Å². The Balaban J connectivity index is 3.07. The van der Waals surface area contributed by atoms with Gasteiger partial charge in [-0.3, -0.25) is 0 Å². The Kier molecular flexibility index (Phi) is 5.08. The van der Waals surface area contributed by atoms with Gasteiger partial charge in [0.15, 0.2) is 0 Å². The van der Waals surface area contributed by atoms with E-state index in [1.165, 1.54) is 12.8 Å². The first-order valence-corrected chi connectivity index (χ1v) is 3.37. The molecular formula is C7H16O. The van der Waals surface area contributed by atoms with Gasteiger partial charge < -0.3 is 4.74 Å². The molecule has 0 spiro atoms. The Morgan fingerprint density at radius 1 is 1.38 bits per heavy atom. The molecule has 1 heteroatoms. The van der Waals surface area contributed by atoms with Crippen molar-refractivity contribution in [3.05, 3.63) is 0 Å². The van der Waals surface area contributed by atoms with E-state index >= 15 is 0 Å². The second-order valence-corrected chi connectivity index (χ2v) is 2.05. The Hall–Kier alpha value is -0.0400. The molecule has 8 heavy (non-hydrogen) atoms. The van der Waals surface area contributed by atoms with E-state index in [0.29, 0.717) is 6.10 Å². The summed E-state index contributed by atoms with van der Waals surface area (Å²) in [4.78, 5) is 0. The van der Waals surface area contributed by atoms with E-state index in [1.807, 2.05) is 0 Å². The first-order valence-electron chi connectivity index (χ1n) is 3.37. The molecule has 0 aromatic carbocycles. The molecule has 0 aromatic heterocycles. The third kappa shape index (κ3) is 3.03. The molecule has 0 heterocycles. The van der Waals surface area contributed by atoms with Crippen molar-refractivity contribution in [1.29, 1.82) is 0 Å². The summed E-state index contributed by atoms with van der Waals surface area (Å²) in [6, 6.07) is 0. The van der Waals surface area contributed by atoms with Gasteiger partial charge in [0, 0.05) is 7.11 Å². The van der Waals surface area contributed by atoms with E-state index < -0.39 is 0 Å². The van der Waals surface area contributed by atoms with Crippen molar-refractivity contribution in [1.82, 2.24) is 0 Å². The highest BCUT2D eigenvalue weighted by Crippen LogP contribution is 2.03. The van der Waals surface area contributed by atoms with Crippen LogP contribution in [0.1, 0.15) is 33.1 Å². The third-order valence-electron chi connectivity index (χ3n) is 1.40. The van der Waals surface area contributed by atoms with Crippen LogP contribution in [0.3, 0.4) is 0 Å². The van der Waals surface area contributed by atoms with Crippen molar-refractivity contribution < 1.29 is 4.74 Å². The van der Waals surface area contributed by atoms with Crippen LogP contribution in [0.2, 0.25) is 0 Å². The minimum Gasteiger partial charge on any atom is -0.381 e. The van der Waals surface area contributed by atoms with Gasteiger partial charge >= 0.3 is 0 Å². The highest BCUT2D eigenvalue weighted by molar-refractivity contribution is 4.50. The first-order chi connectivity index (χ1) is 3.85.